The van der Waals surface area contributed by atoms with Crippen molar-refractivity contribution in [3.05, 3.63) is 35.9 Å². The van der Waals surface area contributed by atoms with Gasteiger partial charge >= 0.3 is 5.97 Å². The van der Waals surface area contributed by atoms with Crippen molar-refractivity contribution >= 4 is 17.8 Å². The molecule has 108 valence electrons. The van der Waals surface area contributed by atoms with Gasteiger partial charge in [-0.25, -0.2) is 4.79 Å². The zero-order valence-electron chi connectivity index (χ0n) is 11.5. The molecule has 0 saturated carbocycles. The van der Waals surface area contributed by atoms with E-state index in [4.69, 9.17) is 0 Å². The third-order valence-electron chi connectivity index (χ3n) is 2.61. The maximum atomic E-state index is 11.7. The number of carbonyl (C=O) groups excluding carboxylic acids is 3. The van der Waals surface area contributed by atoms with Crippen molar-refractivity contribution in [1.82, 2.24) is 10.6 Å². The average molecular weight is 278 g/mol. The van der Waals surface area contributed by atoms with Crippen LogP contribution in [0, 0.1) is 0 Å². The SMILES string of the molecule is COC(=O)C(C)NC(=O)CCNC(=O)c1ccccc1. The number of methoxy groups -OCH3 is 1. The Kier molecular flexibility index (Phi) is 6.22. The minimum atomic E-state index is -0.697. The summed E-state index contributed by atoms with van der Waals surface area (Å²) in [7, 11) is 1.26. The first-order valence-corrected chi connectivity index (χ1v) is 6.25. The monoisotopic (exact) mass is 278 g/mol. The Morgan fingerprint density at radius 2 is 1.85 bits per heavy atom. The molecule has 6 nitrogen and oxygen atoms in total. The van der Waals surface area contributed by atoms with Crippen LogP contribution < -0.4 is 10.6 Å². The first kappa shape index (κ1) is 15.7. The molecular weight excluding hydrogens is 260 g/mol. The van der Waals surface area contributed by atoms with Crippen molar-refractivity contribution in [3.63, 3.8) is 0 Å². The molecule has 1 aromatic carbocycles. The Bertz CT molecular complexity index is 473. The zero-order valence-corrected chi connectivity index (χ0v) is 11.5. The van der Waals surface area contributed by atoms with Gasteiger partial charge in [0.05, 0.1) is 7.11 Å². The van der Waals surface area contributed by atoms with Gasteiger partial charge in [0.25, 0.3) is 5.91 Å². The van der Waals surface area contributed by atoms with E-state index in [-0.39, 0.29) is 24.8 Å². The van der Waals surface area contributed by atoms with Crippen LogP contribution in [0.5, 0.6) is 0 Å². The molecule has 0 aromatic heterocycles. The highest BCUT2D eigenvalue weighted by Crippen LogP contribution is 1.97. The topological polar surface area (TPSA) is 84.5 Å². The van der Waals surface area contributed by atoms with Crippen molar-refractivity contribution in [2.75, 3.05) is 13.7 Å². The van der Waals surface area contributed by atoms with Gasteiger partial charge in [-0.15, -0.1) is 0 Å². The van der Waals surface area contributed by atoms with Crippen molar-refractivity contribution in [1.29, 1.82) is 0 Å². The molecule has 0 aliphatic rings. The molecule has 0 aliphatic heterocycles. The van der Waals surface area contributed by atoms with E-state index in [1.165, 1.54) is 14.0 Å². The van der Waals surface area contributed by atoms with Gasteiger partial charge in [-0.1, -0.05) is 18.2 Å². The standard InChI is InChI=1S/C14H18N2O4/c1-10(14(19)20-2)16-12(17)8-9-15-13(18)11-6-4-3-5-7-11/h3-7,10H,8-9H2,1-2H3,(H,15,18)(H,16,17). The van der Waals surface area contributed by atoms with Crippen LogP contribution in [0.25, 0.3) is 0 Å². The molecule has 0 radical (unpaired) electrons. The Morgan fingerprint density at radius 1 is 1.20 bits per heavy atom. The van der Waals surface area contributed by atoms with Crippen LogP contribution in [0.4, 0.5) is 0 Å². The number of benzene rings is 1. The van der Waals surface area contributed by atoms with Crippen LogP contribution in [0.3, 0.4) is 0 Å². The highest BCUT2D eigenvalue weighted by Gasteiger charge is 2.15. The lowest BCUT2D eigenvalue weighted by Crippen LogP contribution is -2.40. The summed E-state index contributed by atoms with van der Waals surface area (Å²) in [4.78, 5) is 34.3. The van der Waals surface area contributed by atoms with Gasteiger partial charge in [-0.3, -0.25) is 9.59 Å². The van der Waals surface area contributed by atoms with Gasteiger partial charge in [0.1, 0.15) is 6.04 Å². The number of hydrogen-bond acceptors (Lipinski definition) is 4. The number of rotatable bonds is 6. The van der Waals surface area contributed by atoms with E-state index in [0.29, 0.717) is 5.56 Å². The summed E-state index contributed by atoms with van der Waals surface area (Å²) in [5.41, 5.74) is 0.538. The second kappa shape index (κ2) is 7.93. The van der Waals surface area contributed by atoms with Crippen LogP contribution in [0.1, 0.15) is 23.7 Å². The van der Waals surface area contributed by atoms with Crippen molar-refractivity contribution in [2.24, 2.45) is 0 Å². The van der Waals surface area contributed by atoms with E-state index in [1.807, 2.05) is 6.07 Å². The summed E-state index contributed by atoms with van der Waals surface area (Å²) in [5.74, 6) is -1.07. The third kappa shape index (κ3) is 5.09. The average Bonchev–Trinajstić information content (AvgIpc) is 2.47. The molecule has 20 heavy (non-hydrogen) atoms. The predicted octanol–water partition coefficient (Wildman–Crippen LogP) is 0.484. The smallest absolute Gasteiger partial charge is 0.328 e. The molecule has 0 saturated heterocycles. The molecule has 2 amide bonds. The second-order valence-corrected chi connectivity index (χ2v) is 4.18. The molecule has 6 heteroatoms. The van der Waals surface area contributed by atoms with Gasteiger partial charge in [0, 0.05) is 18.5 Å². The number of ether oxygens (including phenoxy) is 1. The number of hydrogen-bond donors (Lipinski definition) is 2. The lowest BCUT2D eigenvalue weighted by molar-refractivity contribution is -0.144. The Labute approximate surface area is 117 Å². The molecule has 0 fully saturated rings. The second-order valence-electron chi connectivity index (χ2n) is 4.18. The molecular formula is C14H18N2O4. The largest absolute Gasteiger partial charge is 0.467 e. The number of carbonyl (C=O) groups is 3. The lowest BCUT2D eigenvalue weighted by Gasteiger charge is -2.11. The molecule has 0 aliphatic carbocycles. The molecule has 0 heterocycles. The van der Waals surface area contributed by atoms with E-state index in [9.17, 15) is 14.4 Å². The van der Waals surface area contributed by atoms with Gasteiger partial charge in [0.2, 0.25) is 5.91 Å². The summed E-state index contributed by atoms with van der Waals surface area (Å²) in [5, 5.41) is 5.11. The van der Waals surface area contributed by atoms with Gasteiger partial charge in [0.15, 0.2) is 0 Å². The quantitative estimate of drug-likeness (QED) is 0.741. The maximum Gasteiger partial charge on any atom is 0.328 e. The highest BCUT2D eigenvalue weighted by molar-refractivity contribution is 5.94. The fourth-order valence-corrected chi connectivity index (χ4v) is 1.53. The van der Waals surface area contributed by atoms with Crippen LogP contribution in [-0.4, -0.2) is 37.5 Å². The number of esters is 1. The fourth-order valence-electron chi connectivity index (χ4n) is 1.53. The third-order valence-corrected chi connectivity index (χ3v) is 2.61. The number of amides is 2. The molecule has 1 atom stereocenters. The highest BCUT2D eigenvalue weighted by atomic mass is 16.5. The minimum absolute atomic E-state index is 0.0971. The molecule has 0 spiro atoms. The lowest BCUT2D eigenvalue weighted by atomic mass is 10.2. The first-order valence-electron chi connectivity index (χ1n) is 6.25. The normalized spacial score (nSPS) is 11.3. The molecule has 1 unspecified atom stereocenters. The van der Waals surface area contributed by atoms with Crippen LogP contribution in [0.2, 0.25) is 0 Å². The van der Waals surface area contributed by atoms with Crippen molar-refractivity contribution in [2.45, 2.75) is 19.4 Å². The van der Waals surface area contributed by atoms with E-state index >= 15 is 0 Å². The van der Waals surface area contributed by atoms with E-state index < -0.39 is 12.0 Å². The molecule has 1 rings (SSSR count). The van der Waals surface area contributed by atoms with Crippen molar-refractivity contribution in [3.8, 4) is 0 Å². The molecule has 1 aromatic rings. The predicted molar refractivity (Wildman–Crippen MR) is 73.0 cm³/mol. The van der Waals surface area contributed by atoms with Crippen LogP contribution in [0.15, 0.2) is 30.3 Å². The van der Waals surface area contributed by atoms with Crippen molar-refractivity contribution < 1.29 is 19.1 Å². The summed E-state index contributed by atoms with van der Waals surface area (Å²) < 4.78 is 4.49. The van der Waals surface area contributed by atoms with E-state index in [0.717, 1.165) is 0 Å². The van der Waals surface area contributed by atoms with Gasteiger partial charge < -0.3 is 15.4 Å². The summed E-state index contributed by atoms with van der Waals surface area (Å²) >= 11 is 0. The molecule has 2 N–H and O–H groups in total. The van der Waals surface area contributed by atoms with Crippen LogP contribution >= 0.6 is 0 Å². The first-order chi connectivity index (χ1) is 9.54. The Balaban J connectivity index is 2.29. The fraction of sp³-hybridized carbons (Fsp3) is 0.357. The maximum absolute atomic E-state index is 11.7. The number of nitrogens with one attached hydrogen (secondary N) is 2. The summed E-state index contributed by atoms with van der Waals surface area (Å²) in [6.07, 6.45) is 0.0971. The van der Waals surface area contributed by atoms with Gasteiger partial charge in [-0.05, 0) is 19.1 Å². The minimum Gasteiger partial charge on any atom is -0.467 e. The van der Waals surface area contributed by atoms with Gasteiger partial charge in [-0.2, -0.15) is 0 Å². The van der Waals surface area contributed by atoms with Crippen LogP contribution in [-0.2, 0) is 14.3 Å². The summed E-state index contributed by atoms with van der Waals surface area (Å²) in [6, 6.07) is 8.03. The van der Waals surface area contributed by atoms with E-state index in [1.54, 1.807) is 24.3 Å². The molecule has 0 bridgehead atoms. The van der Waals surface area contributed by atoms with E-state index in [2.05, 4.69) is 15.4 Å². The Morgan fingerprint density at radius 3 is 2.45 bits per heavy atom. The Hall–Kier alpha value is -2.37. The zero-order chi connectivity index (χ0) is 15.0. The summed E-state index contributed by atoms with van der Waals surface area (Å²) in [6.45, 7) is 1.74.